The second-order valence-corrected chi connectivity index (χ2v) is 3.76. The van der Waals surface area contributed by atoms with Crippen LogP contribution in [0.1, 0.15) is 0 Å². The zero-order chi connectivity index (χ0) is 11.5. The monoisotopic (exact) mass is 221 g/mol. The van der Waals surface area contributed by atoms with Crippen LogP contribution in [0.4, 0.5) is 11.6 Å². The Morgan fingerprint density at radius 2 is 1.59 bits per heavy atom. The third kappa shape index (κ3) is 2.08. The highest BCUT2D eigenvalue weighted by Crippen LogP contribution is 2.18. The van der Waals surface area contributed by atoms with Gasteiger partial charge in [-0.3, -0.25) is 0 Å². The summed E-state index contributed by atoms with van der Waals surface area (Å²) in [6.07, 6.45) is 3.62. The van der Waals surface area contributed by atoms with Crippen LogP contribution in [0.2, 0.25) is 0 Å². The summed E-state index contributed by atoms with van der Waals surface area (Å²) in [5.74, 6) is 1.61. The highest BCUT2D eigenvalue weighted by atomic mass is 15.0. The Morgan fingerprint density at radius 3 is 2.41 bits per heavy atom. The average Bonchev–Trinajstić information content (AvgIpc) is 2.40. The van der Waals surface area contributed by atoms with E-state index in [2.05, 4.69) is 21.4 Å². The van der Waals surface area contributed by atoms with E-state index in [-0.39, 0.29) is 0 Å². The average molecular weight is 221 g/mol. The van der Waals surface area contributed by atoms with Gasteiger partial charge in [0.1, 0.15) is 11.6 Å². The van der Waals surface area contributed by atoms with Gasteiger partial charge in [-0.05, 0) is 23.6 Å². The van der Waals surface area contributed by atoms with Crippen molar-refractivity contribution >= 4 is 22.4 Å². The summed E-state index contributed by atoms with van der Waals surface area (Å²) in [4.78, 5) is 8.55. The van der Waals surface area contributed by atoms with Crippen LogP contribution in [0.5, 0.6) is 0 Å². The lowest BCUT2D eigenvalue weighted by Gasteiger charge is -2.05. The zero-order valence-electron chi connectivity index (χ0n) is 9.17. The summed E-state index contributed by atoms with van der Waals surface area (Å²) in [7, 11) is 0. The van der Waals surface area contributed by atoms with Crippen LogP contribution >= 0.6 is 0 Å². The molecule has 0 fully saturated rings. The number of rotatable bonds is 2. The van der Waals surface area contributed by atoms with E-state index >= 15 is 0 Å². The van der Waals surface area contributed by atoms with Crippen LogP contribution in [-0.2, 0) is 0 Å². The first-order chi connectivity index (χ1) is 8.42. The van der Waals surface area contributed by atoms with Gasteiger partial charge in [-0.1, -0.05) is 30.3 Å². The molecule has 17 heavy (non-hydrogen) atoms. The summed E-state index contributed by atoms with van der Waals surface area (Å²) < 4.78 is 0. The van der Waals surface area contributed by atoms with Crippen molar-refractivity contribution in [3.05, 3.63) is 60.9 Å². The molecular weight excluding hydrogens is 210 g/mol. The van der Waals surface area contributed by atoms with Gasteiger partial charge in [0.15, 0.2) is 0 Å². The summed E-state index contributed by atoms with van der Waals surface area (Å²) in [5, 5.41) is 5.48. The van der Waals surface area contributed by atoms with Gasteiger partial charge in [0.05, 0.1) is 0 Å². The van der Waals surface area contributed by atoms with Crippen LogP contribution in [0.15, 0.2) is 60.9 Å². The quantitative estimate of drug-likeness (QED) is 0.721. The van der Waals surface area contributed by atoms with Crippen LogP contribution in [-0.4, -0.2) is 9.97 Å². The van der Waals surface area contributed by atoms with E-state index in [1.807, 2.05) is 48.7 Å². The molecule has 82 valence electrons. The molecule has 0 saturated carbocycles. The third-order valence-corrected chi connectivity index (χ3v) is 2.55. The number of hydrogen-bond acceptors (Lipinski definition) is 3. The van der Waals surface area contributed by atoms with Crippen LogP contribution in [0.25, 0.3) is 10.8 Å². The van der Waals surface area contributed by atoms with Crippen molar-refractivity contribution in [3.63, 3.8) is 0 Å². The zero-order valence-corrected chi connectivity index (χ0v) is 9.17. The molecule has 0 aliphatic carbocycles. The maximum atomic E-state index is 4.35. The molecule has 0 bridgehead atoms. The maximum Gasteiger partial charge on any atom is 0.132 e. The highest BCUT2D eigenvalue weighted by Gasteiger charge is 1.98. The van der Waals surface area contributed by atoms with Gasteiger partial charge in [-0.25, -0.2) is 9.97 Å². The minimum absolute atomic E-state index is 0.801. The lowest BCUT2D eigenvalue weighted by molar-refractivity contribution is 1.26. The summed E-state index contributed by atoms with van der Waals surface area (Å²) >= 11 is 0. The van der Waals surface area contributed by atoms with Crippen molar-refractivity contribution < 1.29 is 0 Å². The second-order valence-electron chi connectivity index (χ2n) is 3.76. The van der Waals surface area contributed by atoms with Crippen molar-refractivity contribution in [1.82, 2.24) is 9.97 Å². The van der Waals surface area contributed by atoms with E-state index in [0.717, 1.165) is 17.0 Å². The first kappa shape index (κ1) is 9.78. The van der Waals surface area contributed by atoms with Crippen molar-refractivity contribution in [1.29, 1.82) is 0 Å². The Labute approximate surface area is 99.2 Å². The highest BCUT2D eigenvalue weighted by molar-refractivity contribution is 5.84. The number of fused-ring (bicyclic) bond motifs is 1. The molecule has 3 aromatic rings. The van der Waals surface area contributed by atoms with Gasteiger partial charge in [0.25, 0.3) is 0 Å². The molecule has 0 aliphatic rings. The van der Waals surface area contributed by atoms with Gasteiger partial charge in [0, 0.05) is 17.8 Å². The molecule has 2 heterocycles. The number of benzene rings is 1. The predicted molar refractivity (Wildman–Crippen MR) is 69.3 cm³/mol. The van der Waals surface area contributed by atoms with E-state index in [0.29, 0.717) is 0 Å². The molecule has 0 atom stereocenters. The minimum atomic E-state index is 0.801. The van der Waals surface area contributed by atoms with Gasteiger partial charge in [0.2, 0.25) is 0 Å². The molecule has 1 aromatic carbocycles. The Balaban J connectivity index is 1.96. The third-order valence-electron chi connectivity index (χ3n) is 2.55. The molecule has 0 amide bonds. The fourth-order valence-electron chi connectivity index (χ4n) is 1.72. The fourth-order valence-corrected chi connectivity index (χ4v) is 1.72. The Kier molecular flexibility index (Phi) is 2.43. The van der Waals surface area contributed by atoms with Gasteiger partial charge < -0.3 is 5.32 Å². The molecule has 0 aliphatic heterocycles. The maximum absolute atomic E-state index is 4.35. The number of anilines is 2. The Hall–Kier alpha value is -2.42. The summed E-state index contributed by atoms with van der Waals surface area (Å²) in [6.45, 7) is 0. The normalized spacial score (nSPS) is 10.4. The summed E-state index contributed by atoms with van der Waals surface area (Å²) in [5.41, 5.74) is 0. The largest absolute Gasteiger partial charge is 0.325 e. The number of hydrogen-bond donors (Lipinski definition) is 1. The molecule has 0 spiro atoms. The molecule has 0 unspecified atom stereocenters. The number of nitrogens with one attached hydrogen (secondary N) is 1. The number of nitrogens with zero attached hydrogens (tertiary/aromatic N) is 2. The smallest absolute Gasteiger partial charge is 0.132 e. The molecular formula is C14H11N3. The van der Waals surface area contributed by atoms with Crippen molar-refractivity contribution in [2.24, 2.45) is 0 Å². The molecule has 3 rings (SSSR count). The molecule has 2 aromatic heterocycles. The van der Waals surface area contributed by atoms with E-state index in [1.54, 1.807) is 6.20 Å². The van der Waals surface area contributed by atoms with Gasteiger partial charge >= 0.3 is 0 Å². The number of pyridine rings is 2. The first-order valence-corrected chi connectivity index (χ1v) is 5.45. The van der Waals surface area contributed by atoms with Crippen LogP contribution in [0.3, 0.4) is 0 Å². The molecule has 0 saturated heterocycles. The molecule has 3 nitrogen and oxygen atoms in total. The lowest BCUT2D eigenvalue weighted by Crippen LogP contribution is -1.94. The number of aromatic nitrogens is 2. The predicted octanol–water partition coefficient (Wildman–Crippen LogP) is 3.37. The topological polar surface area (TPSA) is 37.8 Å². The van der Waals surface area contributed by atoms with Crippen molar-refractivity contribution in [2.75, 3.05) is 5.32 Å². The van der Waals surface area contributed by atoms with E-state index < -0.39 is 0 Å². The standard InChI is InChI=1S/C14H11N3/c1-2-6-12-10-16-14(9-11(12)5-1)17-13-7-3-4-8-15-13/h1-10H,(H,15,16,17). The Morgan fingerprint density at radius 1 is 0.765 bits per heavy atom. The fraction of sp³-hybridized carbons (Fsp3) is 0. The molecule has 1 N–H and O–H groups in total. The van der Waals surface area contributed by atoms with Crippen molar-refractivity contribution in [3.8, 4) is 0 Å². The van der Waals surface area contributed by atoms with Gasteiger partial charge in [-0.15, -0.1) is 0 Å². The minimum Gasteiger partial charge on any atom is -0.325 e. The Bertz CT molecular complexity index is 635. The van der Waals surface area contributed by atoms with Crippen LogP contribution < -0.4 is 5.32 Å². The van der Waals surface area contributed by atoms with E-state index in [4.69, 9.17) is 0 Å². The second kappa shape index (κ2) is 4.22. The molecule has 0 radical (unpaired) electrons. The van der Waals surface area contributed by atoms with Crippen molar-refractivity contribution in [2.45, 2.75) is 0 Å². The van der Waals surface area contributed by atoms with Gasteiger partial charge in [-0.2, -0.15) is 0 Å². The first-order valence-electron chi connectivity index (χ1n) is 5.45. The molecule has 3 heteroatoms. The summed E-state index contributed by atoms with van der Waals surface area (Å²) in [6, 6.07) is 15.9. The van der Waals surface area contributed by atoms with E-state index in [9.17, 15) is 0 Å². The SMILES string of the molecule is c1ccc(Nc2cc3ccccc3cn2)nc1. The van der Waals surface area contributed by atoms with Crippen LogP contribution in [0, 0.1) is 0 Å². The lowest BCUT2D eigenvalue weighted by atomic mass is 10.2. The van der Waals surface area contributed by atoms with E-state index in [1.165, 1.54) is 5.39 Å².